The molecule has 146 valence electrons. The molecule has 3 rings (SSSR count). The predicted molar refractivity (Wildman–Crippen MR) is 115 cm³/mol. The van der Waals surface area contributed by atoms with Crippen LogP contribution in [0.4, 0.5) is 0 Å². The zero-order valence-electron chi connectivity index (χ0n) is 16.6. The van der Waals surface area contributed by atoms with Crippen molar-refractivity contribution in [2.45, 2.75) is 58.0 Å². The fourth-order valence-corrected chi connectivity index (χ4v) is 4.25. The van der Waals surface area contributed by atoms with Crippen LogP contribution >= 0.6 is 11.6 Å². The van der Waals surface area contributed by atoms with Crippen molar-refractivity contribution in [2.24, 2.45) is 26.6 Å². The van der Waals surface area contributed by atoms with Gasteiger partial charge in [-0.2, -0.15) is 0 Å². The molecule has 4 unspecified atom stereocenters. The number of halogens is 1. The van der Waals surface area contributed by atoms with E-state index >= 15 is 0 Å². The fraction of sp³-hybridized carbons (Fsp3) is 0.550. The molecule has 27 heavy (non-hydrogen) atoms. The maximum atomic E-state index is 6.53. The number of nitrogens with zero attached hydrogens (tertiary/aromatic N) is 4. The molecule has 2 aliphatic heterocycles. The Hall–Kier alpha value is -1.76. The minimum absolute atomic E-state index is 0.00387. The number of hydrogen-bond acceptors (Lipinski definition) is 6. The monoisotopic (exact) mass is 388 g/mol. The lowest BCUT2D eigenvalue weighted by molar-refractivity contribution is 0.179. The number of aliphatic imine (C=N–C) groups is 3. The lowest BCUT2D eigenvalue weighted by Gasteiger charge is -2.43. The maximum absolute atomic E-state index is 6.53. The molecule has 1 aliphatic carbocycles. The second kappa shape index (κ2) is 7.70. The largest absolute Gasteiger partial charge is 0.348 e. The molecule has 0 fully saturated rings. The van der Waals surface area contributed by atoms with E-state index in [-0.39, 0.29) is 24.2 Å². The highest BCUT2D eigenvalue weighted by Crippen LogP contribution is 2.34. The first-order valence-electron chi connectivity index (χ1n) is 9.38. The highest BCUT2D eigenvalue weighted by molar-refractivity contribution is 6.70. The van der Waals surface area contributed by atoms with Gasteiger partial charge in [0.15, 0.2) is 0 Å². The summed E-state index contributed by atoms with van der Waals surface area (Å²) in [6.07, 6.45) is 11.0. The van der Waals surface area contributed by atoms with E-state index in [1.807, 2.05) is 25.8 Å². The molecule has 0 bridgehead atoms. The molecule has 0 saturated carbocycles. The topological polar surface area (TPSA) is 78.4 Å². The summed E-state index contributed by atoms with van der Waals surface area (Å²) in [5.41, 5.74) is 8.90. The molecule has 0 aromatic heterocycles. The van der Waals surface area contributed by atoms with Gasteiger partial charge in [-0.15, -0.1) is 0 Å². The average molecular weight is 389 g/mol. The van der Waals surface area contributed by atoms with Crippen LogP contribution in [0.5, 0.6) is 0 Å². The number of allylic oxidation sites excluding steroid dienone is 5. The molecule has 0 radical (unpaired) electrons. The Morgan fingerprint density at radius 3 is 2.96 bits per heavy atom. The Labute approximate surface area is 166 Å². The summed E-state index contributed by atoms with van der Waals surface area (Å²) in [4.78, 5) is 15.7. The molecule has 6 nitrogen and oxygen atoms in total. The van der Waals surface area contributed by atoms with Gasteiger partial charge in [-0.05, 0) is 51.5 Å². The molecule has 0 aromatic carbocycles. The van der Waals surface area contributed by atoms with Crippen molar-refractivity contribution in [3.05, 3.63) is 35.1 Å². The first-order chi connectivity index (χ1) is 12.7. The van der Waals surface area contributed by atoms with Crippen LogP contribution in [-0.2, 0) is 0 Å². The number of nitrogens with two attached hydrogens (primary N) is 1. The van der Waals surface area contributed by atoms with Gasteiger partial charge in [0.1, 0.15) is 23.0 Å². The third kappa shape index (κ3) is 3.93. The van der Waals surface area contributed by atoms with Crippen molar-refractivity contribution in [3.63, 3.8) is 0 Å². The summed E-state index contributed by atoms with van der Waals surface area (Å²) in [6, 6.07) is -0.213. The average Bonchev–Trinajstić information content (AvgIpc) is 2.61. The van der Waals surface area contributed by atoms with Crippen LogP contribution in [-0.4, -0.2) is 53.6 Å². The minimum Gasteiger partial charge on any atom is -0.348 e. The van der Waals surface area contributed by atoms with Crippen molar-refractivity contribution < 1.29 is 0 Å². The van der Waals surface area contributed by atoms with Crippen molar-refractivity contribution in [1.29, 1.82) is 0 Å². The fourth-order valence-electron chi connectivity index (χ4n) is 3.87. The number of hydrogen-bond donors (Lipinski definition) is 2. The van der Waals surface area contributed by atoms with Gasteiger partial charge >= 0.3 is 0 Å². The molecular formula is C20H29ClN6. The Morgan fingerprint density at radius 1 is 1.52 bits per heavy atom. The summed E-state index contributed by atoms with van der Waals surface area (Å²) in [5.74, 6) is 0.286. The molecule has 3 aliphatic rings. The molecule has 0 saturated heterocycles. The second-order valence-electron chi connectivity index (χ2n) is 7.66. The van der Waals surface area contributed by atoms with Gasteiger partial charge in [0.2, 0.25) is 0 Å². The standard InChI is InChI=1S/C20H29ClN6/c1-6-23-17-19(27(5)11-24-20(17,4)22)25-13(3)15-10-14-9-7-8-12(2)16(14)18(21)26-15/h6-8,10-11,13-14,17,19,25H,9,22H2,1-5H3/t13-,14?,17?,19?,20?/m0/s1. The Balaban J connectivity index is 1.84. The normalized spacial score (nSPS) is 34.6. The SMILES string of the molecule is CC=NC1C(N[C@@H](C)C2=CC3CC=CC(C)=C3C(Cl)=N2)N(C)C=NC1(C)N. The summed E-state index contributed by atoms with van der Waals surface area (Å²) in [5, 5.41) is 4.22. The molecule has 0 amide bonds. The van der Waals surface area contributed by atoms with E-state index < -0.39 is 5.66 Å². The first kappa shape index (κ1) is 20.0. The number of nitrogens with one attached hydrogen (secondary N) is 1. The van der Waals surface area contributed by atoms with Crippen molar-refractivity contribution in [1.82, 2.24) is 10.2 Å². The Morgan fingerprint density at radius 2 is 2.26 bits per heavy atom. The third-order valence-electron chi connectivity index (χ3n) is 5.40. The van der Waals surface area contributed by atoms with Gasteiger partial charge in [-0.1, -0.05) is 29.8 Å². The molecule has 3 N–H and O–H groups in total. The second-order valence-corrected chi connectivity index (χ2v) is 8.01. The first-order valence-corrected chi connectivity index (χ1v) is 9.76. The van der Waals surface area contributed by atoms with Crippen LogP contribution in [0.15, 0.2) is 50.0 Å². The van der Waals surface area contributed by atoms with E-state index in [2.05, 4.69) is 52.4 Å². The van der Waals surface area contributed by atoms with Crippen LogP contribution in [0.25, 0.3) is 0 Å². The summed E-state index contributed by atoms with van der Waals surface area (Å²) in [7, 11) is 1.98. The van der Waals surface area contributed by atoms with E-state index in [4.69, 9.17) is 17.3 Å². The van der Waals surface area contributed by atoms with Gasteiger partial charge in [0.05, 0.1) is 12.0 Å². The lowest BCUT2D eigenvalue weighted by Crippen LogP contribution is -2.65. The zero-order valence-corrected chi connectivity index (χ0v) is 17.4. The molecule has 5 atom stereocenters. The van der Waals surface area contributed by atoms with E-state index in [9.17, 15) is 0 Å². The van der Waals surface area contributed by atoms with Crippen molar-refractivity contribution in [3.8, 4) is 0 Å². The van der Waals surface area contributed by atoms with Gasteiger partial charge in [0.25, 0.3) is 0 Å². The highest BCUT2D eigenvalue weighted by atomic mass is 35.5. The number of fused-ring (bicyclic) bond motifs is 1. The zero-order chi connectivity index (χ0) is 19.8. The molecular weight excluding hydrogens is 360 g/mol. The summed E-state index contributed by atoms with van der Waals surface area (Å²) >= 11 is 6.53. The number of rotatable bonds is 4. The van der Waals surface area contributed by atoms with Gasteiger partial charge < -0.3 is 10.6 Å². The Bertz CT molecular complexity index is 773. The molecule has 7 heteroatoms. The van der Waals surface area contributed by atoms with Gasteiger partial charge in [0, 0.05) is 19.0 Å². The maximum Gasteiger partial charge on any atom is 0.133 e. The van der Waals surface area contributed by atoms with Crippen molar-refractivity contribution in [2.75, 3.05) is 7.05 Å². The minimum atomic E-state index is -0.764. The molecule has 0 spiro atoms. The van der Waals surface area contributed by atoms with Crippen molar-refractivity contribution >= 4 is 29.3 Å². The van der Waals surface area contributed by atoms with Crippen LogP contribution in [0.1, 0.15) is 34.1 Å². The summed E-state index contributed by atoms with van der Waals surface area (Å²) in [6.45, 7) is 7.98. The lowest BCUT2D eigenvalue weighted by atomic mass is 9.85. The highest BCUT2D eigenvalue weighted by Gasteiger charge is 2.41. The van der Waals surface area contributed by atoms with Gasteiger partial charge in [-0.25, -0.2) is 4.99 Å². The number of likely N-dealkylation sites (N-methyl/N-ethyl adjacent to an activating group) is 1. The van der Waals surface area contributed by atoms with Crippen LogP contribution in [0.2, 0.25) is 0 Å². The quantitative estimate of drug-likeness (QED) is 0.727. The van der Waals surface area contributed by atoms with Gasteiger partial charge in [-0.3, -0.25) is 15.3 Å². The summed E-state index contributed by atoms with van der Waals surface area (Å²) < 4.78 is 0. The van der Waals surface area contributed by atoms with Crippen LogP contribution < -0.4 is 11.1 Å². The molecule has 0 aromatic rings. The molecule has 2 heterocycles. The van der Waals surface area contributed by atoms with E-state index in [1.165, 1.54) is 5.57 Å². The van der Waals surface area contributed by atoms with E-state index in [1.54, 1.807) is 12.6 Å². The Kier molecular flexibility index (Phi) is 5.70. The van der Waals surface area contributed by atoms with Crippen LogP contribution in [0, 0.1) is 5.92 Å². The smallest absolute Gasteiger partial charge is 0.133 e. The third-order valence-corrected chi connectivity index (χ3v) is 5.69. The predicted octanol–water partition coefficient (Wildman–Crippen LogP) is 2.83. The van der Waals surface area contributed by atoms with E-state index in [0.717, 1.165) is 17.7 Å². The van der Waals surface area contributed by atoms with Crippen LogP contribution in [0.3, 0.4) is 0 Å². The van der Waals surface area contributed by atoms with E-state index in [0.29, 0.717) is 5.17 Å².